The van der Waals surface area contributed by atoms with Crippen molar-refractivity contribution in [1.29, 1.82) is 0 Å². The number of aliphatic hydroxyl groups is 1. The van der Waals surface area contributed by atoms with E-state index < -0.39 is 0 Å². The maximum Gasteiger partial charge on any atom is 0.183 e. The molecular weight excluding hydrogens is 216 g/mol. The van der Waals surface area contributed by atoms with Gasteiger partial charge in [-0.1, -0.05) is 12.1 Å². The molecule has 1 N–H and O–H groups in total. The second kappa shape index (κ2) is 5.39. The average Bonchev–Trinajstić information content (AvgIpc) is 2.22. The number of rotatable bonds is 3. The minimum atomic E-state index is -0.306. The first kappa shape index (κ1) is 13.1. The van der Waals surface area contributed by atoms with Crippen LogP contribution in [0.15, 0.2) is 39.9 Å². The van der Waals surface area contributed by atoms with Crippen LogP contribution in [0.25, 0.3) is 0 Å². The molecule has 0 saturated heterocycles. The molecule has 4 nitrogen and oxygen atoms in total. The molecule has 1 aromatic rings. The number of allylic oxidation sites excluding steroid dienone is 2. The van der Waals surface area contributed by atoms with Gasteiger partial charge in [0.05, 0.1) is 5.69 Å². The standard InChI is InChI=1S/C13H16N2O2/c1-8-5-6-9(2)12(7-8)14-15-13(10(3)16)11(4)17/h5-7,16H,1-4H3. The summed E-state index contributed by atoms with van der Waals surface area (Å²) < 4.78 is 0. The summed E-state index contributed by atoms with van der Waals surface area (Å²) in [6, 6.07) is 5.79. The highest BCUT2D eigenvalue weighted by molar-refractivity contribution is 5.93. The Morgan fingerprint density at radius 1 is 1.24 bits per heavy atom. The number of ketones is 1. The second-order valence-electron chi connectivity index (χ2n) is 3.98. The highest BCUT2D eigenvalue weighted by atomic mass is 16.3. The summed E-state index contributed by atoms with van der Waals surface area (Å²) in [5, 5.41) is 17.1. The van der Waals surface area contributed by atoms with Gasteiger partial charge in [-0.25, -0.2) is 0 Å². The number of azo groups is 1. The van der Waals surface area contributed by atoms with Crippen LogP contribution in [0.4, 0.5) is 5.69 Å². The van der Waals surface area contributed by atoms with Crippen LogP contribution >= 0.6 is 0 Å². The molecule has 0 bridgehead atoms. The molecule has 0 saturated carbocycles. The Hall–Kier alpha value is -1.97. The lowest BCUT2D eigenvalue weighted by Crippen LogP contribution is -1.96. The molecule has 0 aliphatic carbocycles. The Balaban J connectivity index is 3.09. The van der Waals surface area contributed by atoms with Crippen LogP contribution in [0.1, 0.15) is 25.0 Å². The number of Topliss-reactive ketones (excluding diaryl/α,β-unsaturated/α-hetero) is 1. The number of hydrogen-bond donors (Lipinski definition) is 1. The highest BCUT2D eigenvalue weighted by Crippen LogP contribution is 2.21. The van der Waals surface area contributed by atoms with Crippen LogP contribution in [-0.2, 0) is 4.79 Å². The van der Waals surface area contributed by atoms with Crippen LogP contribution in [-0.4, -0.2) is 10.9 Å². The summed E-state index contributed by atoms with van der Waals surface area (Å²) >= 11 is 0. The number of carbonyl (C=O) groups is 1. The third kappa shape index (κ3) is 3.52. The SMILES string of the molecule is CC(=O)C(N=Nc1cc(C)ccc1C)=C(C)O. The van der Waals surface area contributed by atoms with Crippen LogP contribution in [0.3, 0.4) is 0 Å². The van der Waals surface area contributed by atoms with Crippen molar-refractivity contribution in [1.82, 2.24) is 0 Å². The van der Waals surface area contributed by atoms with Gasteiger partial charge in [0.15, 0.2) is 11.5 Å². The Bertz CT molecular complexity index is 498. The molecule has 4 heteroatoms. The normalized spacial score (nSPS) is 12.7. The molecule has 0 radical (unpaired) electrons. The summed E-state index contributed by atoms with van der Waals surface area (Å²) in [4.78, 5) is 11.2. The summed E-state index contributed by atoms with van der Waals surface area (Å²) in [7, 11) is 0. The van der Waals surface area contributed by atoms with E-state index in [1.54, 1.807) is 0 Å². The average molecular weight is 232 g/mol. The van der Waals surface area contributed by atoms with E-state index in [4.69, 9.17) is 0 Å². The van der Waals surface area contributed by atoms with E-state index in [0.717, 1.165) is 11.1 Å². The third-order valence-electron chi connectivity index (χ3n) is 2.30. The molecule has 1 rings (SSSR count). The van der Waals surface area contributed by atoms with E-state index in [2.05, 4.69) is 10.2 Å². The summed E-state index contributed by atoms with van der Waals surface area (Å²) in [6.07, 6.45) is 0. The summed E-state index contributed by atoms with van der Waals surface area (Å²) in [5.41, 5.74) is 2.73. The van der Waals surface area contributed by atoms with E-state index in [0.29, 0.717) is 5.69 Å². The van der Waals surface area contributed by atoms with Gasteiger partial charge in [0.2, 0.25) is 0 Å². The zero-order valence-electron chi connectivity index (χ0n) is 10.5. The van der Waals surface area contributed by atoms with Gasteiger partial charge in [-0.2, -0.15) is 5.11 Å². The van der Waals surface area contributed by atoms with Gasteiger partial charge in [0.1, 0.15) is 5.76 Å². The molecular formula is C13H16N2O2. The zero-order chi connectivity index (χ0) is 13.0. The first-order chi connectivity index (χ1) is 7.91. The highest BCUT2D eigenvalue weighted by Gasteiger charge is 2.07. The number of benzene rings is 1. The maximum absolute atomic E-state index is 11.2. The minimum Gasteiger partial charge on any atom is -0.510 e. The zero-order valence-corrected chi connectivity index (χ0v) is 10.5. The van der Waals surface area contributed by atoms with E-state index in [9.17, 15) is 9.90 Å². The van der Waals surface area contributed by atoms with Crippen LogP contribution in [0.5, 0.6) is 0 Å². The van der Waals surface area contributed by atoms with E-state index >= 15 is 0 Å². The quantitative estimate of drug-likeness (QED) is 0.490. The first-order valence-electron chi connectivity index (χ1n) is 5.31. The molecule has 17 heavy (non-hydrogen) atoms. The number of aryl methyl sites for hydroxylation is 2. The fraction of sp³-hybridized carbons (Fsp3) is 0.308. The van der Waals surface area contributed by atoms with Gasteiger partial charge in [0, 0.05) is 6.92 Å². The molecule has 0 atom stereocenters. The van der Waals surface area contributed by atoms with Gasteiger partial charge in [-0.15, -0.1) is 5.11 Å². The van der Waals surface area contributed by atoms with Crippen molar-refractivity contribution < 1.29 is 9.90 Å². The molecule has 0 aliphatic rings. The van der Waals surface area contributed by atoms with Crippen molar-refractivity contribution in [2.75, 3.05) is 0 Å². The van der Waals surface area contributed by atoms with Crippen molar-refractivity contribution in [2.45, 2.75) is 27.7 Å². The van der Waals surface area contributed by atoms with Crippen molar-refractivity contribution in [2.24, 2.45) is 10.2 Å². The molecule has 0 fully saturated rings. The van der Waals surface area contributed by atoms with Gasteiger partial charge >= 0.3 is 0 Å². The van der Waals surface area contributed by atoms with Crippen molar-refractivity contribution in [3.8, 4) is 0 Å². The van der Waals surface area contributed by atoms with Gasteiger partial charge in [0.25, 0.3) is 0 Å². The summed E-state index contributed by atoms with van der Waals surface area (Å²) in [5.74, 6) is -0.425. The molecule has 0 aliphatic heterocycles. The Morgan fingerprint density at radius 2 is 1.88 bits per heavy atom. The van der Waals surface area contributed by atoms with Crippen molar-refractivity contribution in [3.63, 3.8) is 0 Å². The van der Waals surface area contributed by atoms with E-state index in [-0.39, 0.29) is 17.2 Å². The Morgan fingerprint density at radius 3 is 2.41 bits per heavy atom. The first-order valence-corrected chi connectivity index (χ1v) is 5.31. The van der Waals surface area contributed by atoms with Crippen LogP contribution in [0.2, 0.25) is 0 Å². The fourth-order valence-electron chi connectivity index (χ4n) is 1.33. The lowest BCUT2D eigenvalue weighted by atomic mass is 10.1. The Kier molecular flexibility index (Phi) is 4.15. The van der Waals surface area contributed by atoms with Crippen molar-refractivity contribution in [3.05, 3.63) is 40.8 Å². The number of nitrogens with zero attached hydrogens (tertiary/aromatic N) is 2. The smallest absolute Gasteiger partial charge is 0.183 e. The lowest BCUT2D eigenvalue weighted by molar-refractivity contribution is -0.113. The molecule has 1 aromatic carbocycles. The van der Waals surface area contributed by atoms with Crippen molar-refractivity contribution >= 4 is 11.5 Å². The minimum absolute atomic E-state index is 0.00842. The van der Waals surface area contributed by atoms with Gasteiger partial charge in [-0.3, -0.25) is 4.79 Å². The van der Waals surface area contributed by atoms with Crippen LogP contribution in [0, 0.1) is 13.8 Å². The largest absolute Gasteiger partial charge is 0.510 e. The molecule has 0 unspecified atom stereocenters. The monoisotopic (exact) mass is 232 g/mol. The Labute approximate surface area is 101 Å². The van der Waals surface area contributed by atoms with Gasteiger partial charge < -0.3 is 5.11 Å². The molecule has 0 aromatic heterocycles. The predicted octanol–water partition coefficient (Wildman–Crippen LogP) is 3.77. The van der Waals surface area contributed by atoms with E-state index in [1.807, 2.05) is 32.0 Å². The lowest BCUT2D eigenvalue weighted by Gasteiger charge is -2.01. The number of aliphatic hydroxyl groups excluding tert-OH is 1. The summed E-state index contributed by atoms with van der Waals surface area (Å²) in [6.45, 7) is 6.63. The second-order valence-corrected chi connectivity index (χ2v) is 3.98. The molecule has 0 heterocycles. The predicted molar refractivity (Wildman–Crippen MR) is 66.4 cm³/mol. The topological polar surface area (TPSA) is 62.0 Å². The maximum atomic E-state index is 11.2. The molecule has 0 spiro atoms. The third-order valence-corrected chi connectivity index (χ3v) is 2.30. The number of hydrogen-bond acceptors (Lipinski definition) is 4. The van der Waals surface area contributed by atoms with Crippen LogP contribution < -0.4 is 0 Å². The fourth-order valence-corrected chi connectivity index (χ4v) is 1.33. The molecule has 90 valence electrons. The van der Waals surface area contributed by atoms with Gasteiger partial charge in [-0.05, 0) is 38.0 Å². The molecule has 0 amide bonds. The van der Waals surface area contributed by atoms with E-state index in [1.165, 1.54) is 13.8 Å². The number of carbonyl (C=O) groups excluding carboxylic acids is 1.